The molecule has 4 aliphatic carbocycles. The van der Waals surface area contributed by atoms with E-state index in [4.69, 9.17) is 9.47 Å². The maximum Gasteiger partial charge on any atom is 0.312 e. The predicted octanol–water partition coefficient (Wildman–Crippen LogP) is 1.22. The minimum absolute atomic E-state index is 0.00928. The van der Waals surface area contributed by atoms with Gasteiger partial charge in [0.1, 0.15) is 6.10 Å². The molecule has 8 unspecified atom stereocenters. The lowest BCUT2D eigenvalue weighted by molar-refractivity contribution is -0.418. The molecule has 0 amide bonds. The van der Waals surface area contributed by atoms with E-state index in [1.807, 2.05) is 0 Å². The highest BCUT2D eigenvalue weighted by molar-refractivity contribution is 5.83. The second-order valence-corrected chi connectivity index (χ2v) is 7.22. The fraction of sp³-hybridized carbons (Fsp3) is 0.929. The van der Waals surface area contributed by atoms with Gasteiger partial charge in [-0.2, -0.15) is 0 Å². The first kappa shape index (κ1) is 8.52. The lowest BCUT2D eigenvalue weighted by atomic mass is 9.19. The number of esters is 1. The van der Waals surface area contributed by atoms with Gasteiger partial charge in [0.15, 0.2) is 0 Å². The Balaban J connectivity index is 1.57. The third-order valence-corrected chi connectivity index (χ3v) is 7.52. The molecule has 6 aliphatic rings. The van der Waals surface area contributed by atoms with Gasteiger partial charge in [-0.3, -0.25) is 4.79 Å². The quantitative estimate of drug-likeness (QED) is 0.589. The van der Waals surface area contributed by atoms with Gasteiger partial charge >= 0.3 is 5.97 Å². The van der Waals surface area contributed by atoms with E-state index in [9.17, 15) is 4.79 Å². The average molecular weight is 232 g/mol. The standard InChI is InChI=1S/C14H16O3/c15-12-13-3-1-2-6(13)8-9(13)10-11(17-12)7-4-16-5-14(7,8)10/h6-11H,1-5H2. The van der Waals surface area contributed by atoms with Gasteiger partial charge in [-0.05, 0) is 30.6 Å². The summed E-state index contributed by atoms with van der Waals surface area (Å²) in [6, 6.07) is 0. The number of ether oxygens (including phenoxy) is 2. The van der Waals surface area contributed by atoms with E-state index in [0.29, 0.717) is 29.1 Å². The summed E-state index contributed by atoms with van der Waals surface area (Å²) in [4.78, 5) is 12.4. The average Bonchev–Trinajstić information content (AvgIpc) is 2.82. The summed E-state index contributed by atoms with van der Waals surface area (Å²) >= 11 is 0. The first-order chi connectivity index (χ1) is 8.32. The summed E-state index contributed by atoms with van der Waals surface area (Å²) in [6.07, 6.45) is 3.86. The largest absolute Gasteiger partial charge is 0.461 e. The van der Waals surface area contributed by atoms with Crippen molar-refractivity contribution in [1.82, 2.24) is 0 Å². The van der Waals surface area contributed by atoms with Crippen molar-refractivity contribution in [2.24, 2.45) is 40.4 Å². The Morgan fingerprint density at radius 2 is 2.12 bits per heavy atom. The van der Waals surface area contributed by atoms with Crippen LogP contribution in [-0.4, -0.2) is 25.3 Å². The van der Waals surface area contributed by atoms with Crippen LogP contribution in [0.4, 0.5) is 0 Å². The van der Waals surface area contributed by atoms with Gasteiger partial charge in [-0.1, -0.05) is 6.42 Å². The Bertz CT molecular complexity index is 474. The van der Waals surface area contributed by atoms with Crippen LogP contribution in [0.2, 0.25) is 0 Å². The molecule has 6 rings (SSSR count). The molecular weight excluding hydrogens is 216 g/mol. The fourth-order valence-corrected chi connectivity index (χ4v) is 7.25. The highest BCUT2D eigenvalue weighted by Crippen LogP contribution is 2.89. The van der Waals surface area contributed by atoms with Gasteiger partial charge in [-0.25, -0.2) is 0 Å². The molecule has 90 valence electrons. The number of hydrogen-bond donors (Lipinski definition) is 0. The summed E-state index contributed by atoms with van der Waals surface area (Å²) in [7, 11) is 0. The van der Waals surface area contributed by atoms with Crippen LogP contribution in [0.15, 0.2) is 0 Å². The van der Waals surface area contributed by atoms with E-state index in [-0.39, 0.29) is 17.5 Å². The van der Waals surface area contributed by atoms with Crippen LogP contribution in [0.3, 0.4) is 0 Å². The summed E-state index contributed by atoms with van der Waals surface area (Å²) in [5, 5.41) is 0. The lowest BCUT2D eigenvalue weighted by Crippen LogP contribution is -2.89. The van der Waals surface area contributed by atoms with Crippen LogP contribution in [0.5, 0.6) is 0 Å². The Labute approximate surface area is 99.8 Å². The molecule has 2 heterocycles. The first-order valence-electron chi connectivity index (χ1n) is 7.10. The number of fused-ring (bicyclic) bond motifs is 2. The van der Waals surface area contributed by atoms with Crippen molar-refractivity contribution in [1.29, 1.82) is 0 Å². The molecule has 2 saturated heterocycles. The van der Waals surface area contributed by atoms with Crippen molar-refractivity contribution in [3.05, 3.63) is 0 Å². The maximum absolute atomic E-state index is 12.4. The second-order valence-electron chi connectivity index (χ2n) is 7.22. The van der Waals surface area contributed by atoms with Crippen molar-refractivity contribution < 1.29 is 14.3 Å². The second kappa shape index (κ2) is 2.07. The molecule has 6 fully saturated rings. The monoisotopic (exact) mass is 232 g/mol. The third-order valence-electron chi connectivity index (χ3n) is 7.52. The molecule has 0 bridgehead atoms. The van der Waals surface area contributed by atoms with E-state index in [1.165, 1.54) is 12.8 Å². The summed E-state index contributed by atoms with van der Waals surface area (Å²) < 4.78 is 11.6. The van der Waals surface area contributed by atoms with Gasteiger partial charge in [0, 0.05) is 17.3 Å². The van der Waals surface area contributed by atoms with Crippen molar-refractivity contribution in [3.63, 3.8) is 0 Å². The van der Waals surface area contributed by atoms with E-state index >= 15 is 0 Å². The van der Waals surface area contributed by atoms with Crippen LogP contribution >= 0.6 is 0 Å². The Morgan fingerprint density at radius 1 is 1.18 bits per heavy atom. The zero-order chi connectivity index (χ0) is 11.0. The summed E-state index contributed by atoms with van der Waals surface area (Å²) in [5.41, 5.74) is 0.458. The normalized spacial score (nSPS) is 72.4. The van der Waals surface area contributed by atoms with Crippen molar-refractivity contribution in [3.8, 4) is 0 Å². The molecular formula is C14H16O3. The predicted molar refractivity (Wildman–Crippen MR) is 56.9 cm³/mol. The summed E-state index contributed by atoms with van der Waals surface area (Å²) in [6.45, 7) is 1.81. The van der Waals surface area contributed by atoms with Crippen molar-refractivity contribution in [2.45, 2.75) is 25.4 Å². The molecule has 17 heavy (non-hydrogen) atoms. The van der Waals surface area contributed by atoms with Gasteiger partial charge in [0.2, 0.25) is 0 Å². The van der Waals surface area contributed by atoms with E-state index in [0.717, 1.165) is 25.6 Å². The summed E-state index contributed by atoms with van der Waals surface area (Å²) in [5.74, 6) is 3.58. The van der Waals surface area contributed by atoms with Gasteiger partial charge in [0.05, 0.1) is 18.6 Å². The lowest BCUT2D eigenvalue weighted by Gasteiger charge is -2.85. The number of rotatable bonds is 0. The molecule has 3 nitrogen and oxygen atoms in total. The van der Waals surface area contributed by atoms with E-state index in [2.05, 4.69) is 0 Å². The highest BCUT2D eigenvalue weighted by atomic mass is 16.6. The molecule has 0 aromatic heterocycles. The van der Waals surface area contributed by atoms with Crippen LogP contribution in [-0.2, 0) is 14.3 Å². The number of hydrogen-bond acceptors (Lipinski definition) is 3. The van der Waals surface area contributed by atoms with E-state index < -0.39 is 0 Å². The van der Waals surface area contributed by atoms with E-state index in [1.54, 1.807) is 0 Å². The highest BCUT2D eigenvalue weighted by Gasteiger charge is 2.93. The first-order valence-corrected chi connectivity index (χ1v) is 7.10. The molecule has 0 radical (unpaired) electrons. The van der Waals surface area contributed by atoms with Gasteiger partial charge < -0.3 is 9.47 Å². The van der Waals surface area contributed by atoms with Crippen molar-refractivity contribution >= 4 is 5.97 Å². The minimum Gasteiger partial charge on any atom is -0.461 e. The molecule has 2 spiro atoms. The molecule has 8 atom stereocenters. The van der Waals surface area contributed by atoms with Crippen LogP contribution in [0, 0.1) is 40.4 Å². The molecule has 0 aromatic rings. The Hall–Kier alpha value is -0.570. The fourth-order valence-electron chi connectivity index (χ4n) is 7.25. The number of carbonyl (C=O) groups is 1. The Kier molecular flexibility index (Phi) is 1.04. The zero-order valence-corrected chi connectivity index (χ0v) is 9.72. The van der Waals surface area contributed by atoms with Gasteiger partial charge in [0.25, 0.3) is 0 Å². The van der Waals surface area contributed by atoms with Crippen LogP contribution in [0.25, 0.3) is 0 Å². The molecule has 3 heteroatoms. The topological polar surface area (TPSA) is 35.5 Å². The number of carbonyl (C=O) groups excluding carboxylic acids is 1. The molecule has 2 aliphatic heterocycles. The molecule has 0 N–H and O–H groups in total. The smallest absolute Gasteiger partial charge is 0.312 e. The van der Waals surface area contributed by atoms with Crippen molar-refractivity contribution in [2.75, 3.05) is 13.2 Å². The third kappa shape index (κ3) is 0.516. The zero-order valence-electron chi connectivity index (χ0n) is 9.72. The maximum atomic E-state index is 12.4. The Morgan fingerprint density at radius 3 is 3.06 bits per heavy atom. The molecule has 0 aromatic carbocycles. The van der Waals surface area contributed by atoms with Gasteiger partial charge in [-0.15, -0.1) is 0 Å². The van der Waals surface area contributed by atoms with Crippen LogP contribution < -0.4 is 0 Å². The van der Waals surface area contributed by atoms with Crippen LogP contribution in [0.1, 0.15) is 19.3 Å². The molecule has 4 saturated carbocycles. The minimum atomic E-state index is -0.00928. The SMILES string of the molecule is O=C1OC2C3COCC34C2C2C4C3CCCC132.